The number of rotatable bonds is 3. The highest BCUT2D eigenvalue weighted by molar-refractivity contribution is 5.85. The Kier molecular flexibility index (Phi) is 4.79. The third-order valence-corrected chi connectivity index (χ3v) is 4.21. The Morgan fingerprint density at radius 1 is 1.32 bits per heavy atom. The number of urea groups is 1. The predicted octanol–water partition coefficient (Wildman–Crippen LogP) is 0.974. The summed E-state index contributed by atoms with van der Waals surface area (Å²) in [5.41, 5.74) is -1.20. The number of carboxylic acid groups (broad SMARTS) is 1. The number of carbonyl (C=O) groups is 2. The van der Waals surface area contributed by atoms with Crippen LogP contribution in [0.3, 0.4) is 0 Å². The summed E-state index contributed by atoms with van der Waals surface area (Å²) in [6.45, 7) is 8.65. The molecule has 0 aromatic rings. The molecule has 0 bridgehead atoms. The van der Waals surface area contributed by atoms with Crippen LogP contribution in [0.25, 0.3) is 0 Å². The fourth-order valence-corrected chi connectivity index (χ4v) is 2.18. The van der Waals surface area contributed by atoms with E-state index in [1.54, 1.807) is 11.8 Å². The van der Waals surface area contributed by atoms with Crippen molar-refractivity contribution in [2.75, 3.05) is 20.1 Å². The molecule has 1 aliphatic rings. The van der Waals surface area contributed by atoms with Gasteiger partial charge in [0.25, 0.3) is 0 Å². The molecular formula is C13H25N3O3. The molecule has 3 unspecified atom stereocenters. The molecule has 1 heterocycles. The van der Waals surface area contributed by atoms with Crippen molar-refractivity contribution in [2.45, 2.75) is 51.7 Å². The summed E-state index contributed by atoms with van der Waals surface area (Å²) in [7, 11) is 2.04. The molecule has 0 aromatic carbocycles. The van der Waals surface area contributed by atoms with Gasteiger partial charge in [0.1, 0.15) is 5.54 Å². The highest BCUT2D eigenvalue weighted by Crippen LogP contribution is 2.15. The Morgan fingerprint density at radius 3 is 2.16 bits per heavy atom. The number of nitrogens with one attached hydrogen (secondary N) is 1. The number of amides is 2. The van der Waals surface area contributed by atoms with Crippen molar-refractivity contribution in [3.63, 3.8) is 0 Å². The van der Waals surface area contributed by atoms with Crippen LogP contribution in [0.1, 0.15) is 34.1 Å². The smallest absolute Gasteiger partial charge is 0.329 e. The molecule has 0 aromatic heterocycles. The minimum absolute atomic E-state index is 0.271. The van der Waals surface area contributed by atoms with E-state index in [2.05, 4.69) is 24.1 Å². The van der Waals surface area contributed by atoms with Crippen molar-refractivity contribution in [1.82, 2.24) is 15.1 Å². The quantitative estimate of drug-likeness (QED) is 0.802. The van der Waals surface area contributed by atoms with Gasteiger partial charge in [0, 0.05) is 25.2 Å². The van der Waals surface area contributed by atoms with E-state index in [1.807, 2.05) is 7.05 Å². The standard InChI is InChI=1S/C13H25N3O3/c1-6-13(4,11(17)18)14-12(19)16-7-9(2)15(5)10(3)8-16/h9-10H,6-8H2,1-5H3,(H,14,19)(H,17,18). The van der Waals surface area contributed by atoms with Gasteiger partial charge >= 0.3 is 12.0 Å². The number of hydrogen-bond acceptors (Lipinski definition) is 3. The molecule has 0 aliphatic carbocycles. The molecule has 3 atom stereocenters. The second-order valence-electron chi connectivity index (χ2n) is 5.69. The second-order valence-corrected chi connectivity index (χ2v) is 5.69. The highest BCUT2D eigenvalue weighted by Gasteiger charge is 2.36. The van der Waals surface area contributed by atoms with Crippen LogP contribution < -0.4 is 5.32 Å². The number of carbonyl (C=O) groups excluding carboxylic acids is 1. The third-order valence-electron chi connectivity index (χ3n) is 4.21. The number of aliphatic carboxylic acids is 1. The molecule has 0 saturated carbocycles. The van der Waals surface area contributed by atoms with Crippen molar-refractivity contribution in [3.8, 4) is 0 Å². The lowest BCUT2D eigenvalue weighted by molar-refractivity contribution is -0.143. The fourth-order valence-electron chi connectivity index (χ4n) is 2.18. The normalized spacial score (nSPS) is 27.7. The number of carboxylic acids is 1. The summed E-state index contributed by atoms with van der Waals surface area (Å²) < 4.78 is 0. The van der Waals surface area contributed by atoms with Crippen molar-refractivity contribution >= 4 is 12.0 Å². The van der Waals surface area contributed by atoms with Gasteiger partial charge in [-0.3, -0.25) is 4.90 Å². The summed E-state index contributed by atoms with van der Waals surface area (Å²) >= 11 is 0. The molecule has 19 heavy (non-hydrogen) atoms. The van der Waals surface area contributed by atoms with Gasteiger partial charge in [0.2, 0.25) is 0 Å². The monoisotopic (exact) mass is 271 g/mol. The zero-order valence-electron chi connectivity index (χ0n) is 12.4. The zero-order valence-corrected chi connectivity index (χ0v) is 12.4. The lowest BCUT2D eigenvalue weighted by Crippen LogP contribution is -2.62. The zero-order chi connectivity index (χ0) is 14.8. The van der Waals surface area contributed by atoms with Crippen LogP contribution in [-0.4, -0.2) is 64.7 Å². The summed E-state index contributed by atoms with van der Waals surface area (Å²) in [4.78, 5) is 27.3. The summed E-state index contributed by atoms with van der Waals surface area (Å²) in [6, 6.07) is 0.248. The van der Waals surface area contributed by atoms with Crippen LogP contribution in [0.5, 0.6) is 0 Å². The van der Waals surface area contributed by atoms with E-state index in [0.29, 0.717) is 19.5 Å². The maximum absolute atomic E-state index is 12.2. The average Bonchev–Trinajstić information content (AvgIpc) is 2.34. The minimum atomic E-state index is -1.20. The predicted molar refractivity (Wildman–Crippen MR) is 73.1 cm³/mol. The summed E-state index contributed by atoms with van der Waals surface area (Å²) in [5, 5.41) is 11.8. The van der Waals surface area contributed by atoms with E-state index in [1.165, 1.54) is 6.92 Å². The lowest BCUT2D eigenvalue weighted by Gasteiger charge is -2.43. The molecule has 0 radical (unpaired) electrons. The van der Waals surface area contributed by atoms with Crippen LogP contribution in [0.4, 0.5) is 4.79 Å². The maximum Gasteiger partial charge on any atom is 0.329 e. The van der Waals surface area contributed by atoms with Crippen molar-refractivity contribution in [3.05, 3.63) is 0 Å². The molecule has 6 nitrogen and oxygen atoms in total. The first-order chi connectivity index (χ1) is 8.71. The van der Waals surface area contributed by atoms with E-state index in [9.17, 15) is 14.7 Å². The Hall–Kier alpha value is -1.30. The van der Waals surface area contributed by atoms with Crippen LogP contribution in [-0.2, 0) is 4.79 Å². The molecule has 110 valence electrons. The van der Waals surface area contributed by atoms with E-state index in [-0.39, 0.29) is 18.1 Å². The number of piperazine rings is 1. The lowest BCUT2D eigenvalue weighted by atomic mass is 9.99. The molecule has 1 rings (SSSR count). The van der Waals surface area contributed by atoms with Gasteiger partial charge in [0.15, 0.2) is 0 Å². The Balaban J connectivity index is 2.71. The second kappa shape index (κ2) is 5.77. The molecule has 1 aliphatic heterocycles. The topological polar surface area (TPSA) is 72.9 Å². The van der Waals surface area contributed by atoms with Crippen molar-refractivity contribution < 1.29 is 14.7 Å². The number of nitrogens with zero attached hydrogens (tertiary/aromatic N) is 2. The van der Waals surface area contributed by atoms with Crippen LogP contribution in [0, 0.1) is 0 Å². The minimum Gasteiger partial charge on any atom is -0.480 e. The van der Waals surface area contributed by atoms with E-state index in [4.69, 9.17) is 0 Å². The highest BCUT2D eigenvalue weighted by atomic mass is 16.4. The van der Waals surface area contributed by atoms with Crippen LogP contribution in [0.2, 0.25) is 0 Å². The van der Waals surface area contributed by atoms with Gasteiger partial charge in [-0.05, 0) is 34.2 Å². The van der Waals surface area contributed by atoms with Crippen LogP contribution >= 0.6 is 0 Å². The molecule has 0 spiro atoms. The molecule has 2 N–H and O–H groups in total. The first-order valence-corrected chi connectivity index (χ1v) is 6.73. The molecule has 1 fully saturated rings. The van der Waals surface area contributed by atoms with Gasteiger partial charge in [-0.25, -0.2) is 9.59 Å². The van der Waals surface area contributed by atoms with Gasteiger partial charge < -0.3 is 15.3 Å². The average molecular weight is 271 g/mol. The SMILES string of the molecule is CCC(C)(NC(=O)N1CC(C)N(C)C(C)C1)C(=O)O. The third kappa shape index (κ3) is 3.37. The van der Waals surface area contributed by atoms with Gasteiger partial charge in [-0.2, -0.15) is 0 Å². The number of hydrogen-bond donors (Lipinski definition) is 2. The molecule has 6 heteroatoms. The molecule has 1 saturated heterocycles. The van der Waals surface area contributed by atoms with E-state index < -0.39 is 11.5 Å². The fraction of sp³-hybridized carbons (Fsp3) is 0.846. The Labute approximate surface area is 114 Å². The maximum atomic E-state index is 12.2. The Bertz CT molecular complexity index is 349. The first-order valence-electron chi connectivity index (χ1n) is 6.73. The molecule has 2 amide bonds. The van der Waals surface area contributed by atoms with Gasteiger partial charge in [-0.1, -0.05) is 6.92 Å². The molecular weight excluding hydrogens is 246 g/mol. The Morgan fingerprint density at radius 2 is 1.79 bits per heavy atom. The first kappa shape index (κ1) is 15.8. The van der Waals surface area contributed by atoms with Crippen molar-refractivity contribution in [2.24, 2.45) is 0 Å². The van der Waals surface area contributed by atoms with E-state index in [0.717, 1.165) is 0 Å². The summed E-state index contributed by atoms with van der Waals surface area (Å²) in [6.07, 6.45) is 0.354. The van der Waals surface area contributed by atoms with Gasteiger partial charge in [0.05, 0.1) is 0 Å². The van der Waals surface area contributed by atoms with Crippen LogP contribution in [0.15, 0.2) is 0 Å². The van der Waals surface area contributed by atoms with Gasteiger partial charge in [-0.15, -0.1) is 0 Å². The van der Waals surface area contributed by atoms with E-state index >= 15 is 0 Å². The summed E-state index contributed by atoms with van der Waals surface area (Å²) in [5.74, 6) is -1.00. The van der Waals surface area contributed by atoms with Crippen molar-refractivity contribution in [1.29, 1.82) is 0 Å². The number of likely N-dealkylation sites (N-methyl/N-ethyl adjacent to an activating group) is 1. The largest absolute Gasteiger partial charge is 0.480 e.